The predicted octanol–water partition coefficient (Wildman–Crippen LogP) is 3.82. The molecule has 0 aromatic rings. The summed E-state index contributed by atoms with van der Waals surface area (Å²) in [4.78, 5) is 2.44. The van der Waals surface area contributed by atoms with Crippen molar-refractivity contribution < 1.29 is 5.11 Å². The van der Waals surface area contributed by atoms with Gasteiger partial charge >= 0.3 is 0 Å². The lowest BCUT2D eigenvalue weighted by molar-refractivity contribution is 0.0207. The zero-order valence-electron chi connectivity index (χ0n) is 14.6. The van der Waals surface area contributed by atoms with Crippen molar-refractivity contribution in [3.05, 3.63) is 0 Å². The number of rotatable bonds is 6. The van der Waals surface area contributed by atoms with Crippen LogP contribution in [0.2, 0.25) is 0 Å². The quantitative estimate of drug-likeness (QED) is 0.810. The molecule has 0 heterocycles. The van der Waals surface area contributed by atoms with Gasteiger partial charge in [-0.3, -0.25) is 4.90 Å². The molecule has 3 unspecified atom stereocenters. The van der Waals surface area contributed by atoms with E-state index in [9.17, 15) is 10.4 Å². The van der Waals surface area contributed by atoms with Gasteiger partial charge in [0.15, 0.2) is 0 Å². The summed E-state index contributed by atoms with van der Waals surface area (Å²) in [6.45, 7) is 12.3. The first kappa shape index (κ1) is 18.5. The average molecular weight is 294 g/mol. The summed E-state index contributed by atoms with van der Waals surface area (Å²) in [6, 6.07) is 3.34. The second-order valence-electron chi connectivity index (χ2n) is 7.61. The van der Waals surface area contributed by atoms with Crippen molar-refractivity contribution in [2.24, 2.45) is 17.3 Å². The van der Waals surface area contributed by atoms with E-state index < -0.39 is 0 Å². The van der Waals surface area contributed by atoms with E-state index in [1.807, 2.05) is 0 Å². The van der Waals surface area contributed by atoms with Gasteiger partial charge < -0.3 is 5.11 Å². The SMILES string of the molecule is CCC(CC)N(CCO)C1CC(C(C)(C)C)CCC1C#N. The number of nitrogens with zero attached hydrogens (tertiary/aromatic N) is 2. The molecule has 0 saturated heterocycles. The molecule has 0 spiro atoms. The van der Waals surface area contributed by atoms with E-state index in [1.165, 1.54) is 0 Å². The normalized spacial score (nSPS) is 27.1. The van der Waals surface area contributed by atoms with Gasteiger partial charge in [-0.2, -0.15) is 5.26 Å². The smallest absolute Gasteiger partial charge is 0.0672 e. The first-order chi connectivity index (χ1) is 9.88. The second-order valence-corrected chi connectivity index (χ2v) is 7.61. The lowest BCUT2D eigenvalue weighted by Crippen LogP contribution is -2.51. The van der Waals surface area contributed by atoms with Gasteiger partial charge in [0.2, 0.25) is 0 Å². The fourth-order valence-corrected chi connectivity index (χ4v) is 3.94. The second kappa shape index (κ2) is 8.15. The molecule has 21 heavy (non-hydrogen) atoms. The van der Waals surface area contributed by atoms with Crippen LogP contribution in [0.3, 0.4) is 0 Å². The van der Waals surface area contributed by atoms with Crippen molar-refractivity contribution >= 4 is 0 Å². The topological polar surface area (TPSA) is 47.3 Å². The van der Waals surface area contributed by atoms with Gasteiger partial charge in [-0.1, -0.05) is 34.6 Å². The molecule has 0 aromatic heterocycles. The van der Waals surface area contributed by atoms with Gasteiger partial charge in [-0.15, -0.1) is 0 Å². The van der Waals surface area contributed by atoms with Crippen molar-refractivity contribution in [3.8, 4) is 6.07 Å². The highest BCUT2D eigenvalue weighted by Gasteiger charge is 2.39. The zero-order valence-corrected chi connectivity index (χ0v) is 14.6. The molecule has 1 N–H and O–H groups in total. The Bertz CT molecular complexity index is 338. The fourth-order valence-electron chi connectivity index (χ4n) is 3.94. The monoisotopic (exact) mass is 294 g/mol. The van der Waals surface area contributed by atoms with Crippen LogP contribution in [0.25, 0.3) is 0 Å². The molecular weight excluding hydrogens is 260 g/mol. The van der Waals surface area contributed by atoms with Gasteiger partial charge in [-0.25, -0.2) is 0 Å². The molecule has 1 rings (SSSR count). The maximum absolute atomic E-state index is 9.56. The van der Waals surface area contributed by atoms with Crippen molar-refractivity contribution in [1.29, 1.82) is 5.26 Å². The summed E-state index contributed by atoms with van der Waals surface area (Å²) in [5.74, 6) is 0.790. The van der Waals surface area contributed by atoms with Crippen LogP contribution in [-0.4, -0.2) is 35.2 Å². The summed E-state index contributed by atoms with van der Waals surface area (Å²) in [5, 5.41) is 19.0. The minimum Gasteiger partial charge on any atom is -0.395 e. The maximum Gasteiger partial charge on any atom is 0.0672 e. The molecule has 0 radical (unpaired) electrons. The Labute approximate surface area is 131 Å². The maximum atomic E-state index is 9.56. The first-order valence-electron chi connectivity index (χ1n) is 8.65. The van der Waals surface area contributed by atoms with E-state index >= 15 is 0 Å². The minimum absolute atomic E-state index is 0.121. The summed E-state index contributed by atoms with van der Waals surface area (Å²) >= 11 is 0. The number of aliphatic hydroxyl groups excluding tert-OH is 1. The number of hydrogen-bond donors (Lipinski definition) is 1. The van der Waals surface area contributed by atoms with Gasteiger partial charge in [0.25, 0.3) is 0 Å². The van der Waals surface area contributed by atoms with Crippen LogP contribution < -0.4 is 0 Å². The van der Waals surface area contributed by atoms with E-state index in [1.54, 1.807) is 0 Å². The molecule has 3 nitrogen and oxygen atoms in total. The lowest BCUT2D eigenvalue weighted by Gasteiger charge is -2.46. The molecule has 3 heteroatoms. The number of aliphatic hydroxyl groups is 1. The Morgan fingerprint density at radius 3 is 2.29 bits per heavy atom. The predicted molar refractivity (Wildman–Crippen MR) is 87.8 cm³/mol. The van der Waals surface area contributed by atoms with Crippen LogP contribution in [0.15, 0.2) is 0 Å². The standard InChI is InChI=1S/C18H34N2O/c1-6-16(7-2)20(10-11-21)17-12-15(18(3,4)5)9-8-14(17)13-19/h14-17,21H,6-12H2,1-5H3. The van der Waals surface area contributed by atoms with E-state index in [-0.39, 0.29) is 12.5 Å². The highest BCUT2D eigenvalue weighted by molar-refractivity contribution is 5.00. The molecule has 1 aliphatic carbocycles. The molecule has 1 saturated carbocycles. The summed E-state index contributed by atoms with van der Waals surface area (Å²) in [5.41, 5.74) is 0.303. The van der Waals surface area contributed by atoms with Crippen LogP contribution in [0.4, 0.5) is 0 Å². The number of hydrogen-bond acceptors (Lipinski definition) is 3. The van der Waals surface area contributed by atoms with Gasteiger partial charge in [-0.05, 0) is 43.4 Å². The van der Waals surface area contributed by atoms with Gasteiger partial charge in [0, 0.05) is 18.6 Å². The van der Waals surface area contributed by atoms with Crippen molar-refractivity contribution in [1.82, 2.24) is 4.90 Å². The van der Waals surface area contributed by atoms with E-state index in [2.05, 4.69) is 45.6 Å². The average Bonchev–Trinajstić information content (AvgIpc) is 2.46. The highest BCUT2D eigenvalue weighted by atomic mass is 16.3. The highest BCUT2D eigenvalue weighted by Crippen LogP contribution is 2.42. The Morgan fingerprint density at radius 1 is 1.24 bits per heavy atom. The molecule has 1 fully saturated rings. The Kier molecular flexibility index (Phi) is 7.16. The van der Waals surface area contributed by atoms with Gasteiger partial charge in [0.1, 0.15) is 0 Å². The first-order valence-corrected chi connectivity index (χ1v) is 8.65. The molecular formula is C18H34N2O. The molecule has 0 amide bonds. The molecule has 0 aromatic carbocycles. The molecule has 1 aliphatic rings. The van der Waals surface area contributed by atoms with E-state index in [0.717, 1.165) is 32.1 Å². The van der Waals surface area contributed by atoms with Crippen molar-refractivity contribution in [2.75, 3.05) is 13.2 Å². The van der Waals surface area contributed by atoms with Crippen LogP contribution in [-0.2, 0) is 0 Å². The summed E-state index contributed by atoms with van der Waals surface area (Å²) in [7, 11) is 0. The fraction of sp³-hybridized carbons (Fsp3) is 0.944. The van der Waals surface area contributed by atoms with Crippen LogP contribution in [0.1, 0.15) is 66.7 Å². The largest absolute Gasteiger partial charge is 0.395 e. The van der Waals surface area contributed by atoms with Gasteiger partial charge in [0.05, 0.1) is 18.6 Å². The van der Waals surface area contributed by atoms with E-state index in [0.29, 0.717) is 30.0 Å². The Balaban J connectivity index is 2.96. The third kappa shape index (κ3) is 4.69. The Hall–Kier alpha value is -0.590. The molecule has 0 aliphatic heterocycles. The van der Waals surface area contributed by atoms with Crippen LogP contribution >= 0.6 is 0 Å². The molecule has 0 bridgehead atoms. The van der Waals surface area contributed by atoms with E-state index in [4.69, 9.17) is 0 Å². The minimum atomic E-state index is 0.121. The zero-order chi connectivity index (χ0) is 16.0. The third-order valence-corrected chi connectivity index (χ3v) is 5.40. The molecule has 3 atom stereocenters. The summed E-state index contributed by atoms with van der Waals surface area (Å²) in [6.07, 6.45) is 5.44. The van der Waals surface area contributed by atoms with Crippen LogP contribution in [0, 0.1) is 28.6 Å². The van der Waals surface area contributed by atoms with Crippen molar-refractivity contribution in [3.63, 3.8) is 0 Å². The van der Waals surface area contributed by atoms with Crippen molar-refractivity contribution in [2.45, 2.75) is 78.8 Å². The van der Waals surface area contributed by atoms with Crippen LogP contribution in [0.5, 0.6) is 0 Å². The number of nitriles is 1. The lowest BCUT2D eigenvalue weighted by atomic mass is 9.67. The third-order valence-electron chi connectivity index (χ3n) is 5.40. The summed E-state index contributed by atoms with van der Waals surface area (Å²) < 4.78 is 0. The molecule has 122 valence electrons. The Morgan fingerprint density at radius 2 is 1.86 bits per heavy atom.